The Balaban J connectivity index is 2.36. The number of hydrogen-bond acceptors (Lipinski definition) is 5. The highest BCUT2D eigenvalue weighted by molar-refractivity contribution is 7.89. The quantitative estimate of drug-likeness (QED) is 0.418. The molecule has 0 heterocycles. The molecule has 0 aliphatic rings. The number of aromatic hydroxyl groups is 2. The van der Waals surface area contributed by atoms with Gasteiger partial charge in [0.05, 0.1) is 5.75 Å². The second kappa shape index (κ2) is 6.58. The first-order chi connectivity index (χ1) is 8.44. The van der Waals surface area contributed by atoms with E-state index in [9.17, 15) is 13.5 Å². The third-order valence-corrected chi connectivity index (χ3v) is 3.75. The van der Waals surface area contributed by atoms with Crippen molar-refractivity contribution in [3.63, 3.8) is 0 Å². The highest BCUT2D eigenvalue weighted by Gasteiger charge is 2.07. The maximum Gasteiger partial charge on any atom is 0.212 e. The average Bonchev–Trinajstić information content (AvgIpc) is 2.29. The first-order valence-electron chi connectivity index (χ1n) is 5.63. The number of nitrogens with one attached hydrogen (secondary N) is 2. The van der Waals surface area contributed by atoms with Crippen LogP contribution in [0.1, 0.15) is 12.5 Å². The molecule has 1 aromatic carbocycles. The molecular weight excluding hydrogens is 256 g/mol. The van der Waals surface area contributed by atoms with Crippen molar-refractivity contribution in [3.8, 4) is 11.5 Å². The molecule has 1 rings (SSSR count). The Morgan fingerprint density at radius 1 is 1.22 bits per heavy atom. The Bertz CT molecular complexity index is 488. The van der Waals surface area contributed by atoms with Crippen molar-refractivity contribution in [3.05, 3.63) is 23.8 Å². The van der Waals surface area contributed by atoms with Gasteiger partial charge in [0.25, 0.3) is 0 Å². The normalized spacial score (nSPS) is 11.6. The number of phenols is 2. The predicted molar refractivity (Wildman–Crippen MR) is 68.9 cm³/mol. The highest BCUT2D eigenvalue weighted by atomic mass is 32.2. The summed E-state index contributed by atoms with van der Waals surface area (Å²) in [5, 5.41) is 21.3. The van der Waals surface area contributed by atoms with Crippen molar-refractivity contribution in [2.75, 3.05) is 18.8 Å². The van der Waals surface area contributed by atoms with Crippen LogP contribution in [0, 0.1) is 0 Å². The van der Waals surface area contributed by atoms with Crippen LogP contribution in [-0.4, -0.2) is 37.5 Å². The van der Waals surface area contributed by atoms with Gasteiger partial charge in [-0.3, -0.25) is 0 Å². The molecule has 0 aromatic heterocycles. The van der Waals surface area contributed by atoms with E-state index < -0.39 is 10.0 Å². The lowest BCUT2D eigenvalue weighted by atomic mass is 10.2. The van der Waals surface area contributed by atoms with Gasteiger partial charge in [-0.1, -0.05) is 13.0 Å². The van der Waals surface area contributed by atoms with Crippen molar-refractivity contribution in [1.29, 1.82) is 0 Å². The molecule has 0 saturated heterocycles. The van der Waals surface area contributed by atoms with Gasteiger partial charge in [-0.2, -0.15) is 0 Å². The second-order valence-electron chi connectivity index (χ2n) is 3.82. The van der Waals surface area contributed by atoms with Crippen LogP contribution in [0.3, 0.4) is 0 Å². The summed E-state index contributed by atoms with van der Waals surface area (Å²) < 4.78 is 25.0. The minimum atomic E-state index is -3.20. The van der Waals surface area contributed by atoms with E-state index in [-0.39, 0.29) is 17.3 Å². The SMILES string of the molecule is CCNS(=O)(=O)CCNCc1ccc(O)c(O)c1. The van der Waals surface area contributed by atoms with Crippen LogP contribution in [0.2, 0.25) is 0 Å². The van der Waals surface area contributed by atoms with Crippen molar-refractivity contribution in [2.45, 2.75) is 13.5 Å². The number of hydrogen-bond donors (Lipinski definition) is 4. The van der Waals surface area contributed by atoms with Gasteiger partial charge < -0.3 is 15.5 Å². The molecule has 0 saturated carbocycles. The van der Waals surface area contributed by atoms with E-state index in [4.69, 9.17) is 5.11 Å². The maximum atomic E-state index is 11.3. The molecule has 18 heavy (non-hydrogen) atoms. The smallest absolute Gasteiger partial charge is 0.212 e. The Morgan fingerprint density at radius 3 is 2.56 bits per heavy atom. The number of rotatable bonds is 7. The van der Waals surface area contributed by atoms with E-state index >= 15 is 0 Å². The highest BCUT2D eigenvalue weighted by Crippen LogP contribution is 2.24. The molecule has 0 fully saturated rings. The van der Waals surface area contributed by atoms with Gasteiger partial charge in [0.1, 0.15) is 0 Å². The monoisotopic (exact) mass is 274 g/mol. The third kappa shape index (κ3) is 4.91. The van der Waals surface area contributed by atoms with Gasteiger partial charge in [-0.25, -0.2) is 13.1 Å². The molecule has 102 valence electrons. The number of sulfonamides is 1. The van der Waals surface area contributed by atoms with E-state index in [2.05, 4.69) is 10.0 Å². The van der Waals surface area contributed by atoms with Crippen molar-refractivity contribution in [1.82, 2.24) is 10.0 Å². The zero-order valence-corrected chi connectivity index (χ0v) is 11.0. The average molecular weight is 274 g/mol. The van der Waals surface area contributed by atoms with E-state index in [0.29, 0.717) is 19.6 Å². The van der Waals surface area contributed by atoms with Crippen LogP contribution in [0.15, 0.2) is 18.2 Å². The fourth-order valence-corrected chi connectivity index (χ4v) is 2.41. The van der Waals surface area contributed by atoms with Gasteiger partial charge in [-0.15, -0.1) is 0 Å². The summed E-state index contributed by atoms with van der Waals surface area (Å²) in [6.07, 6.45) is 0. The van der Waals surface area contributed by atoms with Gasteiger partial charge >= 0.3 is 0 Å². The molecule has 0 bridgehead atoms. The van der Waals surface area contributed by atoms with E-state index in [0.717, 1.165) is 5.56 Å². The summed E-state index contributed by atoms with van der Waals surface area (Å²) in [7, 11) is -3.20. The predicted octanol–water partition coefficient (Wildman–Crippen LogP) is 0.127. The van der Waals surface area contributed by atoms with Crippen molar-refractivity contribution >= 4 is 10.0 Å². The van der Waals surface area contributed by atoms with E-state index in [1.165, 1.54) is 12.1 Å². The van der Waals surface area contributed by atoms with Crippen molar-refractivity contribution in [2.24, 2.45) is 0 Å². The summed E-state index contributed by atoms with van der Waals surface area (Å²) in [4.78, 5) is 0. The van der Waals surface area contributed by atoms with Crippen LogP contribution in [0.4, 0.5) is 0 Å². The molecule has 4 N–H and O–H groups in total. The van der Waals surface area contributed by atoms with E-state index in [1.54, 1.807) is 13.0 Å². The molecule has 0 aliphatic carbocycles. The van der Waals surface area contributed by atoms with Crippen LogP contribution in [-0.2, 0) is 16.6 Å². The Morgan fingerprint density at radius 2 is 1.94 bits per heavy atom. The molecule has 1 aromatic rings. The van der Waals surface area contributed by atoms with Crippen LogP contribution < -0.4 is 10.0 Å². The molecule has 6 nitrogen and oxygen atoms in total. The Kier molecular flexibility index (Phi) is 5.39. The fraction of sp³-hybridized carbons (Fsp3) is 0.455. The molecule has 7 heteroatoms. The largest absolute Gasteiger partial charge is 0.504 e. The van der Waals surface area contributed by atoms with Crippen LogP contribution in [0.25, 0.3) is 0 Å². The summed E-state index contributed by atoms with van der Waals surface area (Å²) >= 11 is 0. The number of benzene rings is 1. The first kappa shape index (κ1) is 14.7. The minimum absolute atomic E-state index is 0.00487. The lowest BCUT2D eigenvalue weighted by molar-refractivity contribution is 0.403. The van der Waals surface area contributed by atoms with Crippen LogP contribution in [0.5, 0.6) is 11.5 Å². The van der Waals surface area contributed by atoms with Gasteiger partial charge in [0, 0.05) is 19.6 Å². The lowest BCUT2D eigenvalue weighted by Gasteiger charge is -2.07. The Labute approximate surface area is 107 Å². The second-order valence-corrected chi connectivity index (χ2v) is 5.74. The zero-order chi connectivity index (χ0) is 13.6. The zero-order valence-electron chi connectivity index (χ0n) is 10.2. The third-order valence-electron chi connectivity index (χ3n) is 2.28. The first-order valence-corrected chi connectivity index (χ1v) is 7.28. The summed E-state index contributed by atoms with van der Waals surface area (Å²) in [5.74, 6) is -0.353. The molecule has 0 atom stereocenters. The van der Waals surface area contributed by atoms with E-state index in [1.807, 2.05) is 0 Å². The topological polar surface area (TPSA) is 98.7 Å². The molecule has 0 radical (unpaired) electrons. The van der Waals surface area contributed by atoms with Gasteiger partial charge in [0.2, 0.25) is 10.0 Å². The maximum absolute atomic E-state index is 11.3. The van der Waals surface area contributed by atoms with Crippen LogP contribution >= 0.6 is 0 Å². The summed E-state index contributed by atoms with van der Waals surface area (Å²) in [6.45, 7) is 2.85. The molecular formula is C11H18N2O4S. The van der Waals surface area contributed by atoms with Gasteiger partial charge in [-0.05, 0) is 17.7 Å². The number of phenolic OH excluding ortho intramolecular Hbond substituents is 2. The van der Waals surface area contributed by atoms with Crippen molar-refractivity contribution < 1.29 is 18.6 Å². The molecule has 0 unspecified atom stereocenters. The Hall–Kier alpha value is -1.31. The fourth-order valence-electron chi connectivity index (χ4n) is 1.41. The van der Waals surface area contributed by atoms with Gasteiger partial charge in [0.15, 0.2) is 11.5 Å². The minimum Gasteiger partial charge on any atom is -0.504 e. The molecule has 0 spiro atoms. The molecule has 0 aliphatic heterocycles. The molecule has 0 amide bonds. The standard InChI is InChI=1S/C11H18N2O4S/c1-2-13-18(16,17)6-5-12-8-9-3-4-10(14)11(15)7-9/h3-4,7,12-15H,2,5-6,8H2,1H3. The summed E-state index contributed by atoms with van der Waals surface area (Å²) in [6, 6.07) is 4.48. The summed E-state index contributed by atoms with van der Waals surface area (Å²) in [5.41, 5.74) is 0.770. The lowest BCUT2D eigenvalue weighted by Crippen LogP contribution is -2.31.